The Hall–Kier alpha value is -4.00. The lowest BCUT2D eigenvalue weighted by Gasteiger charge is -2.15. The lowest BCUT2D eigenvalue weighted by Crippen LogP contribution is -2.21. The van der Waals surface area contributed by atoms with Crippen LogP contribution < -0.4 is 5.69 Å². The van der Waals surface area contributed by atoms with E-state index in [4.69, 9.17) is 4.98 Å². The van der Waals surface area contributed by atoms with E-state index in [0.717, 1.165) is 22.5 Å². The molecule has 1 unspecified atom stereocenters. The van der Waals surface area contributed by atoms with E-state index in [2.05, 4.69) is 34.9 Å². The summed E-state index contributed by atoms with van der Waals surface area (Å²) in [4.78, 5) is 29.6. The third kappa shape index (κ3) is 3.65. The van der Waals surface area contributed by atoms with Crippen molar-refractivity contribution >= 4 is 11.2 Å². The Bertz CT molecular complexity index is 1490. The van der Waals surface area contributed by atoms with Gasteiger partial charge in [-0.25, -0.2) is 19.7 Å². The zero-order valence-electron chi connectivity index (χ0n) is 19.1. The van der Waals surface area contributed by atoms with Crippen LogP contribution in [0.1, 0.15) is 43.9 Å². The highest BCUT2D eigenvalue weighted by atomic mass is 16.1. The van der Waals surface area contributed by atoms with E-state index in [0.29, 0.717) is 22.9 Å². The fourth-order valence-electron chi connectivity index (χ4n) is 4.31. The monoisotopic (exact) mass is 438 g/mol. The molecule has 0 amide bonds. The molecule has 0 fully saturated rings. The zero-order valence-corrected chi connectivity index (χ0v) is 19.1. The van der Waals surface area contributed by atoms with E-state index in [1.807, 2.05) is 67.2 Å². The minimum absolute atomic E-state index is 0.200. The Labute approximate surface area is 191 Å². The molecular formula is C26H26N6O. The summed E-state index contributed by atoms with van der Waals surface area (Å²) in [5, 5.41) is 0. The van der Waals surface area contributed by atoms with Crippen molar-refractivity contribution in [1.82, 2.24) is 29.1 Å². The van der Waals surface area contributed by atoms with Crippen LogP contribution in [0.2, 0.25) is 0 Å². The summed E-state index contributed by atoms with van der Waals surface area (Å²) in [6.45, 7) is 6.31. The molecule has 1 N–H and O–H groups in total. The molecule has 0 aliphatic heterocycles. The molecule has 5 aromatic rings. The van der Waals surface area contributed by atoms with Crippen LogP contribution in [0.4, 0.5) is 0 Å². The van der Waals surface area contributed by atoms with Crippen LogP contribution in [0.5, 0.6) is 0 Å². The maximum absolute atomic E-state index is 12.9. The lowest BCUT2D eigenvalue weighted by molar-refractivity contribution is 0.630. The number of rotatable bonds is 5. The third-order valence-electron chi connectivity index (χ3n) is 6.14. The number of benzene rings is 2. The molecule has 33 heavy (non-hydrogen) atoms. The van der Waals surface area contributed by atoms with Crippen molar-refractivity contribution in [3.63, 3.8) is 0 Å². The number of H-pyrrole nitrogens is 1. The molecule has 0 saturated heterocycles. The Morgan fingerprint density at radius 2 is 1.73 bits per heavy atom. The molecule has 0 aliphatic rings. The Kier molecular flexibility index (Phi) is 5.17. The normalized spacial score (nSPS) is 12.5. The van der Waals surface area contributed by atoms with E-state index in [9.17, 15) is 4.79 Å². The molecule has 0 aliphatic carbocycles. The minimum atomic E-state index is -0.204. The maximum atomic E-state index is 12.9. The quantitative estimate of drug-likeness (QED) is 0.422. The van der Waals surface area contributed by atoms with Crippen molar-refractivity contribution in [3.05, 3.63) is 88.7 Å². The molecule has 2 aromatic carbocycles. The zero-order chi connectivity index (χ0) is 23.1. The first-order chi connectivity index (χ1) is 15.9. The Morgan fingerprint density at radius 1 is 0.970 bits per heavy atom. The molecule has 3 heterocycles. The number of imidazole rings is 2. The largest absolute Gasteiger partial charge is 0.334 e. The second-order valence-corrected chi connectivity index (χ2v) is 8.63. The van der Waals surface area contributed by atoms with E-state index in [-0.39, 0.29) is 11.7 Å². The van der Waals surface area contributed by atoms with Crippen molar-refractivity contribution in [3.8, 4) is 22.8 Å². The molecule has 0 spiro atoms. The van der Waals surface area contributed by atoms with Gasteiger partial charge < -0.3 is 9.55 Å². The summed E-state index contributed by atoms with van der Waals surface area (Å²) < 4.78 is 3.68. The SMILES string of the molecule is CC(C)c1ccccc1-c1ncc2[nH]c(=O)n(C(C)c3ccc(-c4nccn4C)cc3)c2n1. The van der Waals surface area contributed by atoms with Crippen molar-refractivity contribution in [2.45, 2.75) is 32.7 Å². The van der Waals surface area contributed by atoms with Crippen molar-refractivity contribution in [1.29, 1.82) is 0 Å². The number of aryl methyl sites for hydroxylation is 1. The van der Waals surface area contributed by atoms with Crippen LogP contribution >= 0.6 is 0 Å². The van der Waals surface area contributed by atoms with Gasteiger partial charge in [-0.2, -0.15) is 0 Å². The second-order valence-electron chi connectivity index (χ2n) is 8.63. The van der Waals surface area contributed by atoms with Crippen molar-refractivity contribution < 1.29 is 0 Å². The van der Waals surface area contributed by atoms with Gasteiger partial charge in [0.2, 0.25) is 0 Å². The van der Waals surface area contributed by atoms with Crippen LogP contribution in [0.15, 0.2) is 71.9 Å². The van der Waals surface area contributed by atoms with Gasteiger partial charge in [-0.05, 0) is 24.0 Å². The van der Waals surface area contributed by atoms with Gasteiger partial charge in [-0.1, -0.05) is 62.4 Å². The van der Waals surface area contributed by atoms with Gasteiger partial charge in [0.15, 0.2) is 11.5 Å². The topological polar surface area (TPSA) is 81.4 Å². The highest BCUT2D eigenvalue weighted by Crippen LogP contribution is 2.28. The predicted molar refractivity (Wildman–Crippen MR) is 130 cm³/mol. The summed E-state index contributed by atoms with van der Waals surface area (Å²) in [5.41, 5.74) is 5.24. The summed E-state index contributed by atoms with van der Waals surface area (Å²) >= 11 is 0. The van der Waals surface area contributed by atoms with Crippen LogP contribution in [0, 0.1) is 0 Å². The molecule has 0 radical (unpaired) electrons. The minimum Gasteiger partial charge on any atom is -0.334 e. The summed E-state index contributed by atoms with van der Waals surface area (Å²) in [5.74, 6) is 1.86. The molecule has 0 saturated carbocycles. The first kappa shape index (κ1) is 20.9. The first-order valence-corrected chi connectivity index (χ1v) is 11.1. The van der Waals surface area contributed by atoms with Gasteiger partial charge in [-0.15, -0.1) is 0 Å². The fourth-order valence-corrected chi connectivity index (χ4v) is 4.31. The van der Waals surface area contributed by atoms with Gasteiger partial charge in [0, 0.05) is 30.6 Å². The van der Waals surface area contributed by atoms with Crippen molar-refractivity contribution in [2.75, 3.05) is 0 Å². The maximum Gasteiger partial charge on any atom is 0.328 e. The fraction of sp³-hybridized carbons (Fsp3) is 0.231. The second kappa shape index (κ2) is 8.16. The van der Waals surface area contributed by atoms with E-state index in [1.165, 1.54) is 5.56 Å². The van der Waals surface area contributed by atoms with E-state index < -0.39 is 0 Å². The average molecular weight is 439 g/mol. The number of hydrogen-bond donors (Lipinski definition) is 1. The number of nitrogens with zero attached hydrogens (tertiary/aromatic N) is 5. The molecule has 166 valence electrons. The molecule has 7 heteroatoms. The molecule has 0 bridgehead atoms. The summed E-state index contributed by atoms with van der Waals surface area (Å²) in [6.07, 6.45) is 5.40. The molecule has 3 aromatic heterocycles. The highest BCUT2D eigenvalue weighted by molar-refractivity contribution is 5.74. The smallest absolute Gasteiger partial charge is 0.328 e. The number of aromatic amines is 1. The van der Waals surface area contributed by atoms with E-state index >= 15 is 0 Å². The molecule has 7 nitrogen and oxygen atoms in total. The van der Waals surface area contributed by atoms with Crippen molar-refractivity contribution in [2.24, 2.45) is 7.05 Å². The lowest BCUT2D eigenvalue weighted by atomic mass is 9.97. The standard InChI is InChI=1S/C26H26N6O/c1-16(2)20-7-5-6-8-21(20)23-28-15-22-25(30-23)32(26(33)29-22)17(3)18-9-11-19(12-10-18)24-27-13-14-31(24)4/h5-17H,1-4H3,(H,29,33). The molecule has 1 atom stereocenters. The molecule has 5 rings (SSSR count). The number of nitrogens with one attached hydrogen (secondary N) is 1. The number of aromatic nitrogens is 6. The van der Waals surface area contributed by atoms with Gasteiger partial charge in [0.25, 0.3) is 0 Å². The van der Waals surface area contributed by atoms with E-state index in [1.54, 1.807) is 17.0 Å². The van der Waals surface area contributed by atoms with Gasteiger partial charge in [0.05, 0.1) is 12.2 Å². The Morgan fingerprint density at radius 3 is 2.42 bits per heavy atom. The average Bonchev–Trinajstić information content (AvgIpc) is 3.40. The number of hydrogen-bond acceptors (Lipinski definition) is 4. The van der Waals surface area contributed by atoms with Crippen LogP contribution in [0.25, 0.3) is 33.9 Å². The van der Waals surface area contributed by atoms with Gasteiger partial charge in [0.1, 0.15) is 11.3 Å². The van der Waals surface area contributed by atoms with Crippen LogP contribution in [-0.4, -0.2) is 29.1 Å². The van der Waals surface area contributed by atoms with Gasteiger partial charge in [-0.3, -0.25) is 4.57 Å². The van der Waals surface area contributed by atoms with Crippen LogP contribution in [-0.2, 0) is 7.05 Å². The van der Waals surface area contributed by atoms with Crippen LogP contribution in [0.3, 0.4) is 0 Å². The van der Waals surface area contributed by atoms with Gasteiger partial charge >= 0.3 is 5.69 Å². The molecular weight excluding hydrogens is 412 g/mol. The summed E-state index contributed by atoms with van der Waals surface area (Å²) in [7, 11) is 1.97. The highest BCUT2D eigenvalue weighted by Gasteiger charge is 2.19. The first-order valence-electron chi connectivity index (χ1n) is 11.1. The third-order valence-corrected chi connectivity index (χ3v) is 6.14. The number of fused-ring (bicyclic) bond motifs is 1. The summed E-state index contributed by atoms with van der Waals surface area (Å²) in [6, 6.07) is 16.1. The predicted octanol–water partition coefficient (Wildman–Crippen LogP) is 4.92. The Balaban J connectivity index is 1.57.